The van der Waals surface area contributed by atoms with E-state index in [1.807, 2.05) is 0 Å². The van der Waals surface area contributed by atoms with Gasteiger partial charge in [0.2, 0.25) is 0 Å². The van der Waals surface area contributed by atoms with E-state index in [1.54, 1.807) is 0 Å². The highest BCUT2D eigenvalue weighted by atomic mass is 32.1. The van der Waals surface area contributed by atoms with Crippen molar-refractivity contribution in [1.29, 1.82) is 0 Å². The van der Waals surface area contributed by atoms with Crippen molar-refractivity contribution >= 4 is 23.2 Å². The lowest BCUT2D eigenvalue weighted by Gasteiger charge is -2.39. The molecule has 5 rings (SSSR count). The van der Waals surface area contributed by atoms with Gasteiger partial charge in [0.25, 0.3) is 5.97 Å². The summed E-state index contributed by atoms with van der Waals surface area (Å²) < 4.78 is 11.9. The van der Waals surface area contributed by atoms with Crippen LogP contribution in [0.4, 0.5) is 0 Å². The van der Waals surface area contributed by atoms with E-state index in [1.165, 1.54) is 48.1 Å². The number of nitrogens with zero attached hydrogens (tertiary/aromatic N) is 1. The smallest absolute Gasteiger partial charge is 0.300 e. The van der Waals surface area contributed by atoms with Crippen molar-refractivity contribution in [3.63, 3.8) is 0 Å². The molecule has 0 saturated carbocycles. The minimum atomic E-state index is -0.833. The van der Waals surface area contributed by atoms with Crippen LogP contribution in [-0.4, -0.2) is 46.8 Å². The molecule has 3 aliphatic rings. The van der Waals surface area contributed by atoms with Crippen LogP contribution < -0.4 is 9.47 Å². The lowest BCUT2D eigenvalue weighted by atomic mass is 9.83. The minimum absolute atomic E-state index is 0.114. The largest absolute Gasteiger partial charge is 0.493 e. The predicted octanol–water partition coefficient (Wildman–Crippen LogP) is 6.47. The molecule has 6 heteroatoms. The predicted molar refractivity (Wildman–Crippen MR) is 143 cm³/mol. The van der Waals surface area contributed by atoms with E-state index in [4.69, 9.17) is 31.6 Å². The van der Waals surface area contributed by atoms with Crippen molar-refractivity contribution in [3.8, 4) is 22.6 Å². The molecule has 35 heavy (non-hydrogen) atoms. The number of carbonyl (C=O) groups is 1. The lowest BCUT2D eigenvalue weighted by Crippen LogP contribution is -2.42. The molecule has 0 amide bonds. The molecule has 0 spiro atoms. The summed E-state index contributed by atoms with van der Waals surface area (Å²) in [5.74, 6) is 1.64. The summed E-state index contributed by atoms with van der Waals surface area (Å²) in [4.78, 5) is 11.6. The average molecular weight is 494 g/mol. The highest BCUT2D eigenvalue weighted by Gasteiger charge is 2.36. The van der Waals surface area contributed by atoms with E-state index in [2.05, 4.69) is 67.3 Å². The second-order valence-electron chi connectivity index (χ2n) is 9.98. The number of rotatable bonds is 5. The zero-order valence-electron chi connectivity index (χ0n) is 20.8. The molecule has 5 nitrogen and oxygen atoms in total. The molecule has 0 radical (unpaired) electrons. The molecule has 186 valence electrons. The number of fused-ring (bicyclic) bond motifs is 2. The number of benzene rings is 2. The summed E-state index contributed by atoms with van der Waals surface area (Å²) in [6, 6.07) is 15.6. The second kappa shape index (κ2) is 11.4. The van der Waals surface area contributed by atoms with E-state index in [9.17, 15) is 0 Å². The highest BCUT2D eigenvalue weighted by Crippen LogP contribution is 2.45. The number of aliphatic carboxylic acids is 1. The Morgan fingerprint density at radius 3 is 2.60 bits per heavy atom. The van der Waals surface area contributed by atoms with E-state index in [0.29, 0.717) is 17.0 Å². The molecule has 3 heterocycles. The second-order valence-corrected chi connectivity index (χ2v) is 10.4. The topological polar surface area (TPSA) is 59.0 Å². The van der Waals surface area contributed by atoms with E-state index in [-0.39, 0.29) is 5.92 Å². The molecular weight excluding hydrogens is 458 g/mol. The maximum atomic E-state index is 9.00. The number of hydrogen-bond donors (Lipinski definition) is 1. The van der Waals surface area contributed by atoms with Gasteiger partial charge in [0.15, 0.2) is 5.05 Å². The molecule has 3 aliphatic heterocycles. The van der Waals surface area contributed by atoms with Crippen LogP contribution >= 0.6 is 12.2 Å². The Kier molecular flexibility index (Phi) is 8.24. The van der Waals surface area contributed by atoms with Gasteiger partial charge >= 0.3 is 0 Å². The van der Waals surface area contributed by atoms with Gasteiger partial charge in [-0.2, -0.15) is 0 Å². The van der Waals surface area contributed by atoms with Crippen LogP contribution in [-0.2, 0) is 4.79 Å². The first kappa shape index (κ1) is 25.4. The number of carboxylic acids is 1. The summed E-state index contributed by atoms with van der Waals surface area (Å²) >= 11 is 5.71. The van der Waals surface area contributed by atoms with Crippen LogP contribution in [0.5, 0.6) is 11.5 Å². The normalized spacial score (nSPS) is 21.3. The molecule has 0 bridgehead atoms. The van der Waals surface area contributed by atoms with Crippen LogP contribution in [0, 0.1) is 5.92 Å². The Morgan fingerprint density at radius 2 is 1.89 bits per heavy atom. The Balaban J connectivity index is 0.000000672. The minimum Gasteiger partial charge on any atom is -0.493 e. The summed E-state index contributed by atoms with van der Waals surface area (Å²) in [5.41, 5.74) is 5.05. The third-order valence-corrected chi connectivity index (χ3v) is 7.04. The van der Waals surface area contributed by atoms with Gasteiger partial charge in [-0.15, -0.1) is 0 Å². The molecule has 2 atom stereocenters. The number of hydrogen-bond acceptors (Lipinski definition) is 5. The number of ether oxygens (including phenoxy) is 2. The molecule has 2 unspecified atom stereocenters. The highest BCUT2D eigenvalue weighted by molar-refractivity contribution is 7.80. The number of piperidine rings is 1. The molecule has 1 N–H and O–H groups in total. The van der Waals surface area contributed by atoms with Gasteiger partial charge in [0, 0.05) is 25.1 Å². The fourth-order valence-electron chi connectivity index (χ4n) is 5.06. The standard InChI is InChI=1S/C27H31NO2S.C2H4O2/c1-18(2)17-29-23-9-6-19(7-10-23)20-8-11-25-24(16-20)26(27(31)30-25)21-12-14-28-13-4-3-5-22(28)15-21;1-2(3)4/h6-12,16,18,22,26H,3-5,13-15,17H2,1-2H3;1H3,(H,3,4). The third kappa shape index (κ3) is 6.30. The van der Waals surface area contributed by atoms with E-state index in [0.717, 1.165) is 38.0 Å². The fraction of sp³-hybridized carbons (Fsp3) is 0.448. The molecular formula is C29H35NO4S. The third-order valence-electron chi connectivity index (χ3n) is 6.72. The summed E-state index contributed by atoms with van der Waals surface area (Å²) in [6.07, 6.45) is 7.50. The van der Waals surface area contributed by atoms with Crippen LogP contribution in [0.2, 0.25) is 0 Å². The van der Waals surface area contributed by atoms with Crippen LogP contribution in [0.15, 0.2) is 54.1 Å². The summed E-state index contributed by atoms with van der Waals surface area (Å²) in [7, 11) is 0. The maximum Gasteiger partial charge on any atom is 0.300 e. The Hall–Kier alpha value is -2.70. The van der Waals surface area contributed by atoms with E-state index >= 15 is 0 Å². The molecule has 2 aromatic rings. The molecule has 2 aromatic carbocycles. The van der Waals surface area contributed by atoms with Gasteiger partial charge in [-0.3, -0.25) is 9.69 Å². The molecule has 1 saturated heterocycles. The first-order valence-electron chi connectivity index (χ1n) is 12.5. The van der Waals surface area contributed by atoms with Crippen molar-refractivity contribution in [2.24, 2.45) is 5.92 Å². The summed E-state index contributed by atoms with van der Waals surface area (Å²) in [5, 5.41) is 8.13. The molecule has 1 fully saturated rings. The van der Waals surface area contributed by atoms with Gasteiger partial charge < -0.3 is 14.6 Å². The number of carboxylic acid groups (broad SMARTS) is 1. The van der Waals surface area contributed by atoms with Gasteiger partial charge in [-0.05, 0) is 79.3 Å². The maximum absolute atomic E-state index is 9.00. The van der Waals surface area contributed by atoms with E-state index < -0.39 is 5.97 Å². The Morgan fingerprint density at radius 1 is 1.17 bits per heavy atom. The monoisotopic (exact) mass is 493 g/mol. The number of thiocarbonyl (C=S) groups is 1. The Labute approximate surface area is 213 Å². The zero-order valence-corrected chi connectivity index (χ0v) is 21.6. The Bertz CT molecular complexity index is 1090. The lowest BCUT2D eigenvalue weighted by molar-refractivity contribution is -0.134. The first-order valence-corrected chi connectivity index (χ1v) is 12.9. The summed E-state index contributed by atoms with van der Waals surface area (Å²) in [6.45, 7) is 8.43. The quantitative estimate of drug-likeness (QED) is 0.381. The first-order chi connectivity index (χ1) is 16.8. The van der Waals surface area contributed by atoms with Gasteiger partial charge in [0.1, 0.15) is 11.5 Å². The average Bonchev–Trinajstić information content (AvgIpc) is 3.17. The van der Waals surface area contributed by atoms with Gasteiger partial charge in [0.05, 0.1) is 12.5 Å². The van der Waals surface area contributed by atoms with Gasteiger partial charge in [-0.25, -0.2) is 0 Å². The van der Waals surface area contributed by atoms with Crippen LogP contribution in [0.3, 0.4) is 0 Å². The van der Waals surface area contributed by atoms with Crippen molar-refractivity contribution in [2.45, 2.75) is 58.4 Å². The SMILES string of the molecule is CC(=O)O.CC(C)COc1ccc(-c2ccc3c(c2)C(C2=CCN4CCCCC4C2)C(=S)O3)cc1. The van der Waals surface area contributed by atoms with Crippen molar-refractivity contribution in [1.82, 2.24) is 4.90 Å². The van der Waals surface area contributed by atoms with Crippen molar-refractivity contribution in [3.05, 3.63) is 59.7 Å². The molecule has 0 aliphatic carbocycles. The molecule has 0 aromatic heterocycles. The van der Waals surface area contributed by atoms with Crippen LogP contribution in [0.1, 0.15) is 57.9 Å². The fourth-order valence-corrected chi connectivity index (χ4v) is 5.42. The van der Waals surface area contributed by atoms with Crippen molar-refractivity contribution < 1.29 is 19.4 Å². The zero-order chi connectivity index (χ0) is 24.9. The van der Waals surface area contributed by atoms with Gasteiger partial charge in [-0.1, -0.05) is 50.1 Å². The van der Waals surface area contributed by atoms with Crippen molar-refractivity contribution in [2.75, 3.05) is 19.7 Å². The van der Waals surface area contributed by atoms with Crippen LogP contribution in [0.25, 0.3) is 11.1 Å².